The van der Waals surface area contributed by atoms with Gasteiger partial charge in [0.15, 0.2) is 0 Å². The SMILES string of the molecule is CCc1ccc(CCC2OC2C)s1. The highest BCUT2D eigenvalue weighted by Gasteiger charge is 2.33. The van der Waals surface area contributed by atoms with E-state index in [0.717, 1.165) is 0 Å². The zero-order valence-corrected chi connectivity index (χ0v) is 9.06. The standard InChI is InChI=1S/C11H16OS/c1-3-9-4-5-10(13-9)6-7-11-8(2)12-11/h4-5,8,11H,3,6-7H2,1-2H3. The Labute approximate surface area is 83.7 Å². The number of thiophene rings is 1. The van der Waals surface area contributed by atoms with Crippen LogP contribution in [0.4, 0.5) is 0 Å². The molecular formula is C11H16OS. The van der Waals surface area contributed by atoms with Crippen LogP contribution >= 0.6 is 11.3 Å². The first-order chi connectivity index (χ1) is 6.29. The first kappa shape index (κ1) is 9.22. The zero-order valence-electron chi connectivity index (χ0n) is 8.25. The Morgan fingerprint density at radius 3 is 2.62 bits per heavy atom. The summed E-state index contributed by atoms with van der Waals surface area (Å²) < 4.78 is 5.38. The highest BCUT2D eigenvalue weighted by molar-refractivity contribution is 7.11. The van der Waals surface area contributed by atoms with Crippen molar-refractivity contribution in [3.05, 3.63) is 21.9 Å². The maximum Gasteiger partial charge on any atom is 0.0842 e. The lowest BCUT2D eigenvalue weighted by Crippen LogP contribution is -1.91. The Hall–Kier alpha value is -0.340. The quantitative estimate of drug-likeness (QED) is 0.674. The molecule has 0 saturated carbocycles. The van der Waals surface area contributed by atoms with Crippen LogP contribution in [0.15, 0.2) is 12.1 Å². The number of aryl methyl sites for hydroxylation is 2. The largest absolute Gasteiger partial charge is 0.370 e. The minimum Gasteiger partial charge on any atom is -0.370 e. The molecule has 0 N–H and O–H groups in total. The average molecular weight is 196 g/mol. The molecule has 0 bridgehead atoms. The Morgan fingerprint density at radius 1 is 1.38 bits per heavy atom. The molecule has 1 aromatic heterocycles. The zero-order chi connectivity index (χ0) is 9.26. The smallest absolute Gasteiger partial charge is 0.0842 e. The van der Waals surface area contributed by atoms with Gasteiger partial charge in [-0.15, -0.1) is 11.3 Å². The van der Waals surface area contributed by atoms with Crippen LogP contribution < -0.4 is 0 Å². The van der Waals surface area contributed by atoms with Crippen molar-refractivity contribution in [1.29, 1.82) is 0 Å². The molecule has 2 atom stereocenters. The third-order valence-electron chi connectivity index (χ3n) is 2.58. The fourth-order valence-electron chi connectivity index (χ4n) is 1.56. The van der Waals surface area contributed by atoms with Crippen LogP contribution in [0.25, 0.3) is 0 Å². The first-order valence-corrected chi connectivity index (χ1v) is 5.84. The highest BCUT2D eigenvalue weighted by Crippen LogP contribution is 2.27. The minimum absolute atomic E-state index is 0.519. The van der Waals surface area contributed by atoms with E-state index in [2.05, 4.69) is 26.0 Å². The van der Waals surface area contributed by atoms with Gasteiger partial charge in [0, 0.05) is 9.75 Å². The van der Waals surface area contributed by atoms with E-state index in [9.17, 15) is 0 Å². The van der Waals surface area contributed by atoms with Gasteiger partial charge in [0.05, 0.1) is 12.2 Å². The molecule has 13 heavy (non-hydrogen) atoms. The summed E-state index contributed by atoms with van der Waals surface area (Å²) in [7, 11) is 0. The molecule has 2 heterocycles. The molecule has 2 rings (SSSR count). The summed E-state index contributed by atoms with van der Waals surface area (Å²) in [6.45, 7) is 4.36. The van der Waals surface area contributed by atoms with E-state index in [4.69, 9.17) is 4.74 Å². The predicted octanol–water partition coefficient (Wildman–Crippen LogP) is 3.03. The van der Waals surface area contributed by atoms with Crippen molar-refractivity contribution in [2.45, 2.75) is 45.3 Å². The monoisotopic (exact) mass is 196 g/mol. The Morgan fingerprint density at radius 2 is 2.08 bits per heavy atom. The van der Waals surface area contributed by atoms with Crippen molar-refractivity contribution in [2.75, 3.05) is 0 Å². The van der Waals surface area contributed by atoms with Crippen molar-refractivity contribution in [1.82, 2.24) is 0 Å². The number of hydrogen-bond donors (Lipinski definition) is 0. The minimum atomic E-state index is 0.519. The van der Waals surface area contributed by atoms with Crippen LogP contribution in [0, 0.1) is 0 Å². The molecule has 0 aliphatic carbocycles. The van der Waals surface area contributed by atoms with Gasteiger partial charge in [0.1, 0.15) is 0 Å². The van der Waals surface area contributed by atoms with E-state index in [1.807, 2.05) is 11.3 Å². The maximum atomic E-state index is 5.38. The fourth-order valence-corrected chi connectivity index (χ4v) is 2.54. The summed E-state index contributed by atoms with van der Waals surface area (Å²) >= 11 is 1.95. The van der Waals surface area contributed by atoms with Crippen LogP contribution in [0.1, 0.15) is 30.0 Å². The molecule has 1 aliphatic rings. The molecule has 0 spiro atoms. The highest BCUT2D eigenvalue weighted by atomic mass is 32.1. The van der Waals surface area contributed by atoms with Gasteiger partial charge in [-0.3, -0.25) is 0 Å². The molecule has 1 aliphatic heterocycles. The van der Waals surface area contributed by atoms with Gasteiger partial charge >= 0.3 is 0 Å². The van der Waals surface area contributed by atoms with Crippen LogP contribution in [-0.4, -0.2) is 12.2 Å². The van der Waals surface area contributed by atoms with E-state index in [0.29, 0.717) is 12.2 Å². The molecule has 1 fully saturated rings. The van der Waals surface area contributed by atoms with Gasteiger partial charge in [-0.2, -0.15) is 0 Å². The molecule has 0 amide bonds. The Balaban J connectivity index is 1.80. The second-order valence-electron chi connectivity index (χ2n) is 3.64. The molecule has 72 valence electrons. The molecule has 2 unspecified atom stereocenters. The Kier molecular flexibility index (Phi) is 2.70. The van der Waals surface area contributed by atoms with Crippen molar-refractivity contribution in [3.63, 3.8) is 0 Å². The molecule has 1 aromatic rings. The van der Waals surface area contributed by atoms with E-state index < -0.39 is 0 Å². The van der Waals surface area contributed by atoms with Crippen LogP contribution in [0.3, 0.4) is 0 Å². The van der Waals surface area contributed by atoms with E-state index >= 15 is 0 Å². The average Bonchev–Trinajstić information content (AvgIpc) is 2.68. The van der Waals surface area contributed by atoms with E-state index in [-0.39, 0.29) is 0 Å². The molecular weight excluding hydrogens is 180 g/mol. The maximum absolute atomic E-state index is 5.38. The van der Waals surface area contributed by atoms with Gasteiger partial charge in [0.2, 0.25) is 0 Å². The van der Waals surface area contributed by atoms with Crippen molar-refractivity contribution in [2.24, 2.45) is 0 Å². The molecule has 2 heteroatoms. The second kappa shape index (κ2) is 3.81. The van der Waals surface area contributed by atoms with Crippen molar-refractivity contribution >= 4 is 11.3 Å². The molecule has 0 radical (unpaired) electrons. The summed E-state index contributed by atoms with van der Waals surface area (Å²) in [6, 6.07) is 4.51. The number of epoxide rings is 1. The summed E-state index contributed by atoms with van der Waals surface area (Å²) in [4.78, 5) is 3.01. The first-order valence-electron chi connectivity index (χ1n) is 5.02. The lowest BCUT2D eigenvalue weighted by atomic mass is 10.2. The van der Waals surface area contributed by atoms with Crippen LogP contribution in [-0.2, 0) is 17.6 Å². The number of ether oxygens (including phenoxy) is 1. The van der Waals surface area contributed by atoms with Crippen molar-refractivity contribution in [3.8, 4) is 0 Å². The number of hydrogen-bond acceptors (Lipinski definition) is 2. The summed E-state index contributed by atoms with van der Waals surface area (Å²) in [5, 5.41) is 0. The summed E-state index contributed by atoms with van der Waals surface area (Å²) in [5.41, 5.74) is 0. The molecule has 1 saturated heterocycles. The number of rotatable bonds is 4. The van der Waals surface area contributed by atoms with Crippen LogP contribution in [0.2, 0.25) is 0 Å². The van der Waals surface area contributed by atoms with Gasteiger partial charge in [-0.25, -0.2) is 0 Å². The third-order valence-corrected chi connectivity index (χ3v) is 3.87. The van der Waals surface area contributed by atoms with Gasteiger partial charge < -0.3 is 4.74 Å². The Bertz CT molecular complexity index is 279. The van der Waals surface area contributed by atoms with Gasteiger partial charge in [-0.1, -0.05) is 6.92 Å². The topological polar surface area (TPSA) is 12.5 Å². The molecule has 0 aromatic carbocycles. The normalized spacial score (nSPS) is 26.3. The second-order valence-corrected chi connectivity index (χ2v) is 4.89. The third kappa shape index (κ3) is 2.32. The van der Waals surface area contributed by atoms with E-state index in [1.165, 1.54) is 29.0 Å². The van der Waals surface area contributed by atoms with Crippen LogP contribution in [0.5, 0.6) is 0 Å². The fraction of sp³-hybridized carbons (Fsp3) is 0.636. The summed E-state index contributed by atoms with van der Waals surface area (Å²) in [6.07, 6.45) is 4.63. The van der Waals surface area contributed by atoms with Gasteiger partial charge in [-0.05, 0) is 38.3 Å². The molecule has 1 nitrogen and oxygen atoms in total. The van der Waals surface area contributed by atoms with E-state index in [1.54, 1.807) is 0 Å². The predicted molar refractivity (Wildman–Crippen MR) is 56.4 cm³/mol. The lowest BCUT2D eigenvalue weighted by molar-refractivity contribution is 0.371. The van der Waals surface area contributed by atoms with Crippen molar-refractivity contribution < 1.29 is 4.74 Å². The summed E-state index contributed by atoms with van der Waals surface area (Å²) in [5.74, 6) is 0. The van der Waals surface area contributed by atoms with Gasteiger partial charge in [0.25, 0.3) is 0 Å². The lowest BCUT2D eigenvalue weighted by Gasteiger charge is -1.92.